The van der Waals surface area contributed by atoms with E-state index in [4.69, 9.17) is 21.1 Å². The fourth-order valence-electron chi connectivity index (χ4n) is 3.04. The molecule has 1 aliphatic rings. The molecule has 0 radical (unpaired) electrons. The van der Waals surface area contributed by atoms with Gasteiger partial charge in [0.2, 0.25) is 5.43 Å². The molecule has 6 N–H and O–H groups in total. The van der Waals surface area contributed by atoms with Crippen LogP contribution in [-0.4, -0.2) is 75.0 Å². The predicted molar refractivity (Wildman–Crippen MR) is 112 cm³/mol. The van der Waals surface area contributed by atoms with Crippen molar-refractivity contribution in [2.24, 2.45) is 5.73 Å². The van der Waals surface area contributed by atoms with E-state index in [0.29, 0.717) is 25.3 Å². The Labute approximate surface area is 181 Å². The fourth-order valence-corrected chi connectivity index (χ4v) is 3.04. The number of nitrogens with two attached hydrogens (primary N) is 1. The van der Waals surface area contributed by atoms with Crippen LogP contribution in [0.15, 0.2) is 17.1 Å². The number of aromatic carboxylic acids is 1. The van der Waals surface area contributed by atoms with Gasteiger partial charge in [0, 0.05) is 38.9 Å². The molecule has 0 saturated carbocycles. The summed E-state index contributed by atoms with van der Waals surface area (Å²) in [6, 6.07) is -0.192. The molecular weight excluding hydrogens is 429 g/mol. The summed E-state index contributed by atoms with van der Waals surface area (Å²) in [4.78, 5) is 49.2. The highest BCUT2D eigenvalue weighted by Crippen LogP contribution is 2.21. The van der Waals surface area contributed by atoms with E-state index in [2.05, 4.69) is 10.3 Å². The van der Waals surface area contributed by atoms with Crippen LogP contribution in [0, 0.1) is 5.82 Å². The maximum Gasteiger partial charge on any atom is 0.341 e. The molecule has 174 valence electrons. The quantitative estimate of drug-likeness (QED) is 0.380. The number of carboxylic acid groups (broad SMARTS) is 3. The molecule has 0 spiro atoms. The number of fused-ring (bicyclic) bond motifs is 1. The third-order valence-electron chi connectivity index (χ3n) is 4.68. The number of aliphatic carboxylic acids is 2. The first-order chi connectivity index (χ1) is 15.1. The Morgan fingerprint density at radius 2 is 1.88 bits per heavy atom. The number of halogens is 1. The lowest BCUT2D eigenvalue weighted by Crippen LogP contribution is -2.44. The summed E-state index contributed by atoms with van der Waals surface area (Å²) >= 11 is 0. The zero-order chi connectivity index (χ0) is 24.0. The van der Waals surface area contributed by atoms with E-state index in [0.717, 1.165) is 19.2 Å². The molecule has 0 aliphatic carbocycles. The van der Waals surface area contributed by atoms with Gasteiger partial charge in [0.1, 0.15) is 17.3 Å². The zero-order valence-corrected chi connectivity index (χ0v) is 17.2. The molecule has 1 aliphatic heterocycles. The minimum atomic E-state index is -1.33. The number of hydrogen-bond donors (Lipinski definition) is 5. The standard InChI is InChI=1S/C15H17FN4O3.C4H7NO4/c1-2-19-8-10(15(22)23)12(21)9-7-11(16)14(18-13(9)19)20-5-3-17-4-6-20;5-2(4(8)9)1-3(6)7/h7-8,17H,2-6H2,1H3,(H,22,23);2H,1,5H2,(H,6,7)(H,8,9)/t;2-/m.0/s1. The third kappa shape index (κ3) is 5.76. The van der Waals surface area contributed by atoms with Crippen molar-refractivity contribution in [3.63, 3.8) is 0 Å². The predicted octanol–water partition coefficient (Wildman–Crippen LogP) is -0.464. The van der Waals surface area contributed by atoms with Crippen molar-refractivity contribution in [1.82, 2.24) is 14.9 Å². The van der Waals surface area contributed by atoms with Gasteiger partial charge in [-0.05, 0) is 13.0 Å². The van der Waals surface area contributed by atoms with Crippen LogP contribution in [0.4, 0.5) is 10.2 Å². The van der Waals surface area contributed by atoms with Gasteiger partial charge >= 0.3 is 17.9 Å². The lowest BCUT2D eigenvalue weighted by Gasteiger charge is -2.29. The van der Waals surface area contributed by atoms with E-state index >= 15 is 0 Å². The summed E-state index contributed by atoms with van der Waals surface area (Å²) in [6.07, 6.45) is 0.731. The Morgan fingerprint density at radius 3 is 2.34 bits per heavy atom. The molecule has 3 rings (SSSR count). The van der Waals surface area contributed by atoms with Crippen molar-refractivity contribution in [3.05, 3.63) is 33.9 Å². The van der Waals surface area contributed by atoms with E-state index in [-0.39, 0.29) is 16.8 Å². The van der Waals surface area contributed by atoms with Gasteiger partial charge in [-0.25, -0.2) is 14.2 Å². The molecule has 1 fully saturated rings. The Morgan fingerprint density at radius 1 is 1.25 bits per heavy atom. The molecule has 0 amide bonds. The Kier molecular flexibility index (Phi) is 8.21. The highest BCUT2D eigenvalue weighted by Gasteiger charge is 2.21. The molecule has 1 saturated heterocycles. The van der Waals surface area contributed by atoms with Crippen molar-refractivity contribution >= 4 is 34.8 Å². The highest BCUT2D eigenvalue weighted by atomic mass is 19.1. The molecule has 32 heavy (non-hydrogen) atoms. The van der Waals surface area contributed by atoms with E-state index in [1.54, 1.807) is 4.57 Å². The van der Waals surface area contributed by atoms with Crippen LogP contribution >= 0.6 is 0 Å². The molecule has 2 aromatic heterocycles. The van der Waals surface area contributed by atoms with Gasteiger partial charge < -0.3 is 35.8 Å². The van der Waals surface area contributed by atoms with Crippen LogP contribution in [0.2, 0.25) is 0 Å². The van der Waals surface area contributed by atoms with Gasteiger partial charge in [-0.2, -0.15) is 0 Å². The number of anilines is 1. The van der Waals surface area contributed by atoms with Crippen molar-refractivity contribution in [2.45, 2.75) is 25.9 Å². The second-order valence-corrected chi connectivity index (χ2v) is 6.91. The topological polar surface area (TPSA) is 188 Å². The Bertz CT molecular complexity index is 1080. The van der Waals surface area contributed by atoms with Crippen molar-refractivity contribution < 1.29 is 34.1 Å². The second kappa shape index (κ2) is 10.6. The molecular formula is C19H24FN5O7. The summed E-state index contributed by atoms with van der Waals surface area (Å²) in [5.74, 6) is -4.24. The minimum absolute atomic E-state index is 0.0110. The van der Waals surface area contributed by atoms with E-state index in [9.17, 15) is 23.6 Å². The van der Waals surface area contributed by atoms with Gasteiger partial charge in [0.05, 0.1) is 11.8 Å². The average Bonchev–Trinajstić information content (AvgIpc) is 2.74. The van der Waals surface area contributed by atoms with E-state index in [1.807, 2.05) is 11.8 Å². The van der Waals surface area contributed by atoms with Crippen LogP contribution < -0.4 is 21.4 Å². The van der Waals surface area contributed by atoms with Gasteiger partial charge in [-0.15, -0.1) is 0 Å². The number of aryl methyl sites for hydroxylation is 1. The maximum atomic E-state index is 14.4. The molecule has 12 nitrogen and oxygen atoms in total. The normalized spacial score (nSPS) is 14.4. The van der Waals surface area contributed by atoms with Crippen LogP contribution in [0.25, 0.3) is 11.0 Å². The van der Waals surface area contributed by atoms with Crippen LogP contribution in [-0.2, 0) is 16.1 Å². The minimum Gasteiger partial charge on any atom is -0.481 e. The molecule has 13 heteroatoms. The number of nitrogens with one attached hydrogen (secondary N) is 1. The third-order valence-corrected chi connectivity index (χ3v) is 4.68. The number of carboxylic acids is 3. The number of nitrogens with zero attached hydrogens (tertiary/aromatic N) is 3. The number of piperazine rings is 1. The number of rotatable bonds is 6. The first kappa shape index (κ1) is 24.7. The number of aromatic nitrogens is 2. The first-order valence-corrected chi connectivity index (χ1v) is 9.69. The Hall–Kier alpha value is -3.58. The fraction of sp³-hybridized carbons (Fsp3) is 0.421. The Balaban J connectivity index is 0.000000344. The molecule has 1 atom stereocenters. The van der Waals surface area contributed by atoms with Crippen LogP contribution in [0.3, 0.4) is 0 Å². The molecule has 2 aromatic rings. The summed E-state index contributed by atoms with van der Waals surface area (Å²) in [7, 11) is 0. The molecule has 3 heterocycles. The zero-order valence-electron chi connectivity index (χ0n) is 17.2. The van der Waals surface area contributed by atoms with Gasteiger partial charge in [-0.1, -0.05) is 0 Å². The van der Waals surface area contributed by atoms with Crippen molar-refractivity contribution in [2.75, 3.05) is 31.1 Å². The number of hydrogen-bond acceptors (Lipinski definition) is 8. The maximum absolute atomic E-state index is 14.4. The number of carbonyl (C=O) groups is 3. The molecule has 0 bridgehead atoms. The van der Waals surface area contributed by atoms with Crippen LogP contribution in [0.5, 0.6) is 0 Å². The van der Waals surface area contributed by atoms with Gasteiger partial charge in [0.25, 0.3) is 0 Å². The van der Waals surface area contributed by atoms with Gasteiger partial charge in [0.15, 0.2) is 11.6 Å². The lowest BCUT2D eigenvalue weighted by atomic mass is 10.2. The van der Waals surface area contributed by atoms with E-state index in [1.165, 1.54) is 6.20 Å². The smallest absolute Gasteiger partial charge is 0.341 e. The monoisotopic (exact) mass is 453 g/mol. The molecule has 0 aromatic carbocycles. The summed E-state index contributed by atoms with van der Waals surface area (Å²) in [5, 5.41) is 28.3. The van der Waals surface area contributed by atoms with E-state index < -0.39 is 41.6 Å². The van der Waals surface area contributed by atoms with Gasteiger partial charge in [-0.3, -0.25) is 14.4 Å². The molecule has 0 unspecified atom stereocenters. The largest absolute Gasteiger partial charge is 0.481 e. The summed E-state index contributed by atoms with van der Waals surface area (Å²) < 4.78 is 16.0. The first-order valence-electron chi connectivity index (χ1n) is 9.69. The number of pyridine rings is 2. The second-order valence-electron chi connectivity index (χ2n) is 6.91. The van der Waals surface area contributed by atoms with Crippen LogP contribution in [0.1, 0.15) is 23.7 Å². The lowest BCUT2D eigenvalue weighted by molar-refractivity contribution is -0.144. The summed E-state index contributed by atoms with van der Waals surface area (Å²) in [6.45, 7) is 4.95. The van der Waals surface area contributed by atoms with Crippen molar-refractivity contribution in [3.8, 4) is 0 Å². The van der Waals surface area contributed by atoms with Crippen molar-refractivity contribution in [1.29, 1.82) is 0 Å². The SMILES string of the molecule is CCn1cc(C(=O)O)c(=O)c2cc(F)c(N3CCNCC3)nc21.N[C@@H](CC(=O)O)C(=O)O. The highest BCUT2D eigenvalue weighted by molar-refractivity contribution is 5.92. The summed E-state index contributed by atoms with van der Waals surface area (Å²) in [5.41, 5.74) is 4.05. The average molecular weight is 453 g/mol.